The molecule has 0 bridgehead atoms. The lowest BCUT2D eigenvalue weighted by atomic mass is 9.99. The molecule has 2 aromatic rings. The SMILES string of the molecule is CCNC(c1cncnc1)c1cccc(C)c1Br. The first-order valence-corrected chi connectivity index (χ1v) is 6.76. The Hall–Kier alpha value is -1.26. The van der Waals surface area contributed by atoms with Crippen LogP contribution in [0, 0.1) is 6.92 Å². The second kappa shape index (κ2) is 6.07. The standard InChI is InChI=1S/C14H16BrN3/c1-3-18-14(11-7-16-9-17-8-11)12-6-4-5-10(2)13(12)15/h4-9,14,18H,3H2,1-2H3. The third-order valence-corrected chi connectivity index (χ3v) is 3.94. The van der Waals surface area contributed by atoms with Crippen LogP contribution >= 0.6 is 15.9 Å². The van der Waals surface area contributed by atoms with Gasteiger partial charge in [0.15, 0.2) is 0 Å². The number of nitrogens with zero attached hydrogens (tertiary/aromatic N) is 2. The minimum absolute atomic E-state index is 0.116. The molecule has 0 radical (unpaired) electrons. The normalized spacial score (nSPS) is 12.4. The highest BCUT2D eigenvalue weighted by Gasteiger charge is 2.16. The van der Waals surface area contributed by atoms with Gasteiger partial charge in [-0.15, -0.1) is 0 Å². The van der Waals surface area contributed by atoms with Crippen molar-refractivity contribution in [2.75, 3.05) is 6.54 Å². The van der Waals surface area contributed by atoms with Crippen molar-refractivity contribution in [3.63, 3.8) is 0 Å². The molecule has 1 N–H and O–H groups in total. The van der Waals surface area contributed by atoms with E-state index in [2.05, 4.69) is 63.3 Å². The second-order valence-electron chi connectivity index (χ2n) is 4.14. The fraction of sp³-hybridized carbons (Fsp3) is 0.286. The average Bonchev–Trinajstić information content (AvgIpc) is 2.41. The van der Waals surface area contributed by atoms with Crippen LogP contribution in [0.25, 0.3) is 0 Å². The maximum atomic E-state index is 4.10. The number of halogens is 1. The monoisotopic (exact) mass is 305 g/mol. The molecule has 0 aliphatic carbocycles. The lowest BCUT2D eigenvalue weighted by Crippen LogP contribution is -2.22. The molecule has 1 unspecified atom stereocenters. The van der Waals surface area contributed by atoms with Gasteiger partial charge in [0.25, 0.3) is 0 Å². The van der Waals surface area contributed by atoms with E-state index >= 15 is 0 Å². The molecule has 94 valence electrons. The second-order valence-corrected chi connectivity index (χ2v) is 4.93. The minimum Gasteiger partial charge on any atom is -0.306 e. The molecule has 0 saturated heterocycles. The van der Waals surface area contributed by atoms with Gasteiger partial charge in [-0.2, -0.15) is 0 Å². The van der Waals surface area contributed by atoms with E-state index in [4.69, 9.17) is 0 Å². The fourth-order valence-corrected chi connectivity index (χ4v) is 2.46. The van der Waals surface area contributed by atoms with Crippen molar-refractivity contribution < 1.29 is 0 Å². The topological polar surface area (TPSA) is 37.8 Å². The average molecular weight is 306 g/mol. The summed E-state index contributed by atoms with van der Waals surface area (Å²) in [5.41, 5.74) is 3.52. The van der Waals surface area contributed by atoms with Crippen molar-refractivity contribution in [3.05, 3.63) is 58.1 Å². The Balaban J connectivity index is 2.45. The Morgan fingerprint density at radius 2 is 2.00 bits per heavy atom. The molecule has 0 aliphatic heterocycles. The van der Waals surface area contributed by atoms with Crippen LogP contribution in [0.3, 0.4) is 0 Å². The quantitative estimate of drug-likeness (QED) is 0.942. The zero-order valence-electron chi connectivity index (χ0n) is 10.5. The van der Waals surface area contributed by atoms with E-state index in [9.17, 15) is 0 Å². The molecular formula is C14H16BrN3. The van der Waals surface area contributed by atoms with Gasteiger partial charge in [0.1, 0.15) is 6.33 Å². The molecule has 0 saturated carbocycles. The van der Waals surface area contributed by atoms with E-state index < -0.39 is 0 Å². The van der Waals surface area contributed by atoms with Crippen LogP contribution in [-0.2, 0) is 0 Å². The van der Waals surface area contributed by atoms with E-state index in [1.807, 2.05) is 12.4 Å². The summed E-state index contributed by atoms with van der Waals surface area (Å²) in [5.74, 6) is 0. The molecule has 0 spiro atoms. The van der Waals surface area contributed by atoms with E-state index in [-0.39, 0.29) is 6.04 Å². The molecule has 0 fully saturated rings. The van der Waals surface area contributed by atoms with Crippen LogP contribution in [0.1, 0.15) is 29.7 Å². The number of aryl methyl sites for hydroxylation is 1. The van der Waals surface area contributed by atoms with Crippen LogP contribution in [0.2, 0.25) is 0 Å². The van der Waals surface area contributed by atoms with Gasteiger partial charge >= 0.3 is 0 Å². The lowest BCUT2D eigenvalue weighted by molar-refractivity contribution is 0.623. The molecule has 1 atom stereocenters. The van der Waals surface area contributed by atoms with Crippen LogP contribution in [-0.4, -0.2) is 16.5 Å². The first-order chi connectivity index (χ1) is 8.74. The highest BCUT2D eigenvalue weighted by Crippen LogP contribution is 2.30. The molecule has 4 heteroatoms. The molecule has 1 heterocycles. The smallest absolute Gasteiger partial charge is 0.115 e. The van der Waals surface area contributed by atoms with Gasteiger partial charge in [-0.3, -0.25) is 0 Å². The van der Waals surface area contributed by atoms with Crippen molar-refractivity contribution in [2.24, 2.45) is 0 Å². The van der Waals surface area contributed by atoms with Gasteiger partial charge < -0.3 is 5.32 Å². The van der Waals surface area contributed by atoms with Crippen molar-refractivity contribution in [2.45, 2.75) is 19.9 Å². The summed E-state index contributed by atoms with van der Waals surface area (Å²) in [6.07, 6.45) is 5.27. The Labute approximate surface area is 116 Å². The molecule has 18 heavy (non-hydrogen) atoms. The summed E-state index contributed by atoms with van der Waals surface area (Å²) < 4.78 is 1.14. The Bertz CT molecular complexity index is 514. The number of rotatable bonds is 4. The van der Waals surface area contributed by atoms with Crippen molar-refractivity contribution >= 4 is 15.9 Å². The van der Waals surface area contributed by atoms with Crippen molar-refractivity contribution in [1.29, 1.82) is 0 Å². The predicted molar refractivity (Wildman–Crippen MR) is 76.4 cm³/mol. The Kier molecular flexibility index (Phi) is 4.44. The summed E-state index contributed by atoms with van der Waals surface area (Å²) >= 11 is 3.67. The van der Waals surface area contributed by atoms with E-state index in [1.54, 1.807) is 6.33 Å². The number of nitrogens with one attached hydrogen (secondary N) is 1. The zero-order valence-corrected chi connectivity index (χ0v) is 12.1. The van der Waals surface area contributed by atoms with Crippen LogP contribution < -0.4 is 5.32 Å². The van der Waals surface area contributed by atoms with E-state index in [1.165, 1.54) is 11.1 Å². The van der Waals surface area contributed by atoms with Gasteiger partial charge in [-0.05, 0) is 24.6 Å². The van der Waals surface area contributed by atoms with E-state index in [0.717, 1.165) is 16.6 Å². The van der Waals surface area contributed by atoms with Gasteiger partial charge in [0.2, 0.25) is 0 Å². The Morgan fingerprint density at radius 3 is 2.67 bits per heavy atom. The van der Waals surface area contributed by atoms with Gasteiger partial charge in [0, 0.05) is 22.4 Å². The molecule has 3 nitrogen and oxygen atoms in total. The summed E-state index contributed by atoms with van der Waals surface area (Å²) in [7, 11) is 0. The van der Waals surface area contributed by atoms with E-state index in [0.29, 0.717) is 0 Å². The van der Waals surface area contributed by atoms with Crippen LogP contribution in [0.5, 0.6) is 0 Å². The highest BCUT2D eigenvalue weighted by molar-refractivity contribution is 9.10. The predicted octanol–water partition coefficient (Wildman–Crippen LogP) is 3.25. The zero-order chi connectivity index (χ0) is 13.0. The maximum Gasteiger partial charge on any atom is 0.115 e. The van der Waals surface area contributed by atoms with Crippen LogP contribution in [0.15, 0.2) is 41.4 Å². The molecule has 2 rings (SSSR count). The Morgan fingerprint density at radius 1 is 1.28 bits per heavy atom. The minimum atomic E-state index is 0.116. The largest absolute Gasteiger partial charge is 0.306 e. The summed E-state index contributed by atoms with van der Waals surface area (Å²) in [5, 5.41) is 3.47. The summed E-state index contributed by atoms with van der Waals surface area (Å²) in [6, 6.07) is 6.41. The first kappa shape index (κ1) is 13.2. The molecule has 1 aromatic carbocycles. The lowest BCUT2D eigenvalue weighted by Gasteiger charge is -2.20. The van der Waals surface area contributed by atoms with Gasteiger partial charge in [-0.25, -0.2) is 9.97 Å². The van der Waals surface area contributed by atoms with Gasteiger partial charge in [-0.1, -0.05) is 41.1 Å². The third-order valence-electron chi connectivity index (χ3n) is 2.85. The first-order valence-electron chi connectivity index (χ1n) is 5.97. The fourth-order valence-electron chi connectivity index (χ4n) is 1.96. The van der Waals surface area contributed by atoms with Gasteiger partial charge in [0.05, 0.1) is 6.04 Å². The van der Waals surface area contributed by atoms with Crippen LogP contribution in [0.4, 0.5) is 0 Å². The summed E-state index contributed by atoms with van der Waals surface area (Å²) in [4.78, 5) is 8.20. The maximum absolute atomic E-state index is 4.10. The highest BCUT2D eigenvalue weighted by atomic mass is 79.9. The molecule has 0 aliphatic rings. The molecule has 1 aromatic heterocycles. The van der Waals surface area contributed by atoms with Crippen molar-refractivity contribution in [1.82, 2.24) is 15.3 Å². The third kappa shape index (κ3) is 2.76. The molecular weight excluding hydrogens is 290 g/mol. The van der Waals surface area contributed by atoms with Crippen molar-refractivity contribution in [3.8, 4) is 0 Å². The molecule has 0 amide bonds. The number of hydrogen-bond donors (Lipinski definition) is 1. The summed E-state index contributed by atoms with van der Waals surface area (Å²) in [6.45, 7) is 5.08. The number of benzene rings is 1. The number of hydrogen-bond acceptors (Lipinski definition) is 3. The number of aromatic nitrogens is 2.